The highest BCUT2D eigenvalue weighted by atomic mass is 19.1. The van der Waals surface area contributed by atoms with Crippen LogP contribution in [0, 0.1) is 5.82 Å². The van der Waals surface area contributed by atoms with Crippen LogP contribution in [-0.4, -0.2) is 19.2 Å². The summed E-state index contributed by atoms with van der Waals surface area (Å²) in [6.07, 6.45) is 1.63. The van der Waals surface area contributed by atoms with Gasteiger partial charge in [0.1, 0.15) is 11.4 Å². The van der Waals surface area contributed by atoms with Crippen molar-refractivity contribution in [2.75, 3.05) is 14.2 Å². The Morgan fingerprint density at radius 2 is 1.95 bits per heavy atom. The first-order valence-electron chi connectivity index (χ1n) is 5.99. The van der Waals surface area contributed by atoms with Gasteiger partial charge in [-0.25, -0.2) is 9.82 Å². The molecule has 6 heteroatoms. The van der Waals surface area contributed by atoms with Gasteiger partial charge in [0.25, 0.3) is 0 Å². The van der Waals surface area contributed by atoms with Crippen LogP contribution in [0.3, 0.4) is 0 Å². The number of benzene rings is 1. The Labute approximate surface area is 116 Å². The normalized spacial score (nSPS) is 12.0. The maximum atomic E-state index is 13.8. The van der Waals surface area contributed by atoms with E-state index in [1.54, 1.807) is 37.6 Å². The number of pyridine rings is 1. The second kappa shape index (κ2) is 6.31. The van der Waals surface area contributed by atoms with Crippen LogP contribution >= 0.6 is 0 Å². The molecule has 5 nitrogen and oxygen atoms in total. The Bertz CT molecular complexity index is 592. The number of ether oxygens (including phenoxy) is 2. The minimum absolute atomic E-state index is 0.178. The number of hydrogen-bond acceptors (Lipinski definition) is 5. The molecule has 106 valence electrons. The predicted molar refractivity (Wildman–Crippen MR) is 72.9 cm³/mol. The fourth-order valence-corrected chi connectivity index (χ4v) is 1.99. The molecular formula is C14H16FN3O2. The highest BCUT2D eigenvalue weighted by Gasteiger charge is 2.19. The summed E-state index contributed by atoms with van der Waals surface area (Å²) >= 11 is 0. The van der Waals surface area contributed by atoms with Crippen molar-refractivity contribution in [3.63, 3.8) is 0 Å². The van der Waals surface area contributed by atoms with Crippen molar-refractivity contribution in [1.29, 1.82) is 0 Å². The lowest BCUT2D eigenvalue weighted by Crippen LogP contribution is -2.30. The zero-order valence-corrected chi connectivity index (χ0v) is 11.3. The fourth-order valence-electron chi connectivity index (χ4n) is 1.99. The molecule has 1 aromatic carbocycles. The minimum Gasteiger partial charge on any atom is -0.495 e. The molecule has 1 aromatic heterocycles. The summed E-state index contributed by atoms with van der Waals surface area (Å²) in [6.45, 7) is 0. The molecular weight excluding hydrogens is 261 g/mol. The maximum absolute atomic E-state index is 13.8. The molecule has 0 amide bonds. The molecule has 1 unspecified atom stereocenters. The Morgan fingerprint density at radius 1 is 1.20 bits per heavy atom. The maximum Gasteiger partial charge on any atom is 0.165 e. The van der Waals surface area contributed by atoms with Gasteiger partial charge in [0.15, 0.2) is 11.6 Å². The standard InChI is InChI=1S/C14H16FN3O2/c1-19-11-6-5-9(8-10(11)15)13(18-16)14-12(20-2)4-3-7-17-14/h3-8,13,18H,16H2,1-2H3. The lowest BCUT2D eigenvalue weighted by Gasteiger charge is -2.18. The van der Waals surface area contributed by atoms with E-state index in [-0.39, 0.29) is 5.75 Å². The number of aromatic nitrogens is 1. The number of nitrogens with one attached hydrogen (secondary N) is 1. The molecule has 2 rings (SSSR count). The van der Waals surface area contributed by atoms with Crippen LogP contribution in [-0.2, 0) is 0 Å². The van der Waals surface area contributed by atoms with Gasteiger partial charge in [-0.3, -0.25) is 10.8 Å². The van der Waals surface area contributed by atoms with Crippen molar-refractivity contribution in [1.82, 2.24) is 10.4 Å². The number of hydrogen-bond donors (Lipinski definition) is 2. The molecule has 0 fully saturated rings. The van der Waals surface area contributed by atoms with Crippen molar-refractivity contribution in [3.05, 3.63) is 53.6 Å². The van der Waals surface area contributed by atoms with E-state index in [0.717, 1.165) is 0 Å². The van der Waals surface area contributed by atoms with Gasteiger partial charge in [-0.05, 0) is 29.8 Å². The molecule has 0 aliphatic heterocycles. The molecule has 0 radical (unpaired) electrons. The van der Waals surface area contributed by atoms with Crippen molar-refractivity contribution < 1.29 is 13.9 Å². The Hall–Kier alpha value is -2.18. The molecule has 3 N–H and O–H groups in total. The fraction of sp³-hybridized carbons (Fsp3) is 0.214. The van der Waals surface area contributed by atoms with E-state index in [0.29, 0.717) is 17.0 Å². The highest BCUT2D eigenvalue weighted by Crippen LogP contribution is 2.29. The van der Waals surface area contributed by atoms with Gasteiger partial charge in [-0.15, -0.1) is 0 Å². The molecule has 0 bridgehead atoms. The van der Waals surface area contributed by atoms with Crippen LogP contribution in [0.25, 0.3) is 0 Å². The summed E-state index contributed by atoms with van der Waals surface area (Å²) in [6, 6.07) is 7.67. The first-order chi connectivity index (χ1) is 9.71. The summed E-state index contributed by atoms with van der Waals surface area (Å²) in [5.41, 5.74) is 3.84. The Morgan fingerprint density at radius 3 is 2.55 bits per heavy atom. The average Bonchev–Trinajstić information content (AvgIpc) is 2.49. The van der Waals surface area contributed by atoms with Gasteiger partial charge in [-0.1, -0.05) is 6.07 Å². The zero-order chi connectivity index (χ0) is 14.5. The van der Waals surface area contributed by atoms with E-state index in [9.17, 15) is 4.39 Å². The van der Waals surface area contributed by atoms with E-state index in [2.05, 4.69) is 10.4 Å². The molecule has 1 heterocycles. The number of rotatable bonds is 5. The van der Waals surface area contributed by atoms with Gasteiger partial charge in [0, 0.05) is 6.20 Å². The summed E-state index contributed by atoms with van der Waals surface area (Å²) in [5.74, 6) is 5.88. The third-order valence-electron chi connectivity index (χ3n) is 2.97. The van der Waals surface area contributed by atoms with E-state index in [1.807, 2.05) is 0 Å². The molecule has 1 atom stereocenters. The van der Waals surface area contributed by atoms with Crippen LogP contribution in [0.5, 0.6) is 11.5 Å². The number of nitrogens with two attached hydrogens (primary N) is 1. The predicted octanol–water partition coefficient (Wildman–Crippen LogP) is 1.79. The average molecular weight is 277 g/mol. The monoisotopic (exact) mass is 277 g/mol. The van der Waals surface area contributed by atoms with Gasteiger partial charge in [0.05, 0.1) is 20.3 Å². The number of methoxy groups -OCH3 is 2. The summed E-state index contributed by atoms with van der Waals surface area (Å²) < 4.78 is 23.9. The van der Waals surface area contributed by atoms with E-state index >= 15 is 0 Å². The summed E-state index contributed by atoms with van der Waals surface area (Å²) in [7, 11) is 2.96. The van der Waals surface area contributed by atoms with Crippen LogP contribution in [0.2, 0.25) is 0 Å². The van der Waals surface area contributed by atoms with Crippen molar-refractivity contribution in [2.45, 2.75) is 6.04 Å². The molecule has 20 heavy (non-hydrogen) atoms. The third-order valence-corrected chi connectivity index (χ3v) is 2.97. The number of nitrogens with zero attached hydrogens (tertiary/aromatic N) is 1. The van der Waals surface area contributed by atoms with E-state index < -0.39 is 11.9 Å². The van der Waals surface area contributed by atoms with E-state index in [1.165, 1.54) is 13.2 Å². The molecule has 0 saturated heterocycles. The van der Waals surface area contributed by atoms with E-state index in [4.69, 9.17) is 15.3 Å². The molecule has 0 spiro atoms. The van der Waals surface area contributed by atoms with Gasteiger partial charge in [0.2, 0.25) is 0 Å². The third kappa shape index (κ3) is 2.71. The lowest BCUT2D eigenvalue weighted by atomic mass is 10.0. The molecule has 2 aromatic rings. The Kier molecular flexibility index (Phi) is 4.49. The second-order valence-electron chi connectivity index (χ2n) is 4.08. The summed E-state index contributed by atoms with van der Waals surface area (Å²) in [4.78, 5) is 4.25. The number of hydrazine groups is 1. The van der Waals surface area contributed by atoms with Crippen LogP contribution in [0.15, 0.2) is 36.5 Å². The molecule has 0 saturated carbocycles. The second-order valence-corrected chi connectivity index (χ2v) is 4.08. The van der Waals surface area contributed by atoms with Gasteiger partial charge < -0.3 is 9.47 Å². The smallest absolute Gasteiger partial charge is 0.165 e. The highest BCUT2D eigenvalue weighted by molar-refractivity contribution is 5.39. The van der Waals surface area contributed by atoms with Crippen LogP contribution in [0.4, 0.5) is 4.39 Å². The number of halogens is 1. The minimum atomic E-state index is -0.480. The Balaban J connectivity index is 2.44. The molecule has 0 aliphatic rings. The quantitative estimate of drug-likeness (QED) is 0.644. The topological polar surface area (TPSA) is 69.4 Å². The van der Waals surface area contributed by atoms with Crippen molar-refractivity contribution >= 4 is 0 Å². The lowest BCUT2D eigenvalue weighted by molar-refractivity contribution is 0.385. The summed E-state index contributed by atoms with van der Waals surface area (Å²) in [5, 5.41) is 0. The van der Waals surface area contributed by atoms with Crippen molar-refractivity contribution in [2.24, 2.45) is 5.84 Å². The van der Waals surface area contributed by atoms with Crippen LogP contribution in [0.1, 0.15) is 17.3 Å². The first-order valence-corrected chi connectivity index (χ1v) is 5.99. The van der Waals surface area contributed by atoms with Gasteiger partial charge in [-0.2, -0.15) is 0 Å². The zero-order valence-electron chi connectivity index (χ0n) is 11.3. The molecule has 0 aliphatic carbocycles. The largest absolute Gasteiger partial charge is 0.495 e. The van der Waals surface area contributed by atoms with Crippen molar-refractivity contribution in [3.8, 4) is 11.5 Å². The van der Waals surface area contributed by atoms with Crippen LogP contribution < -0.4 is 20.7 Å². The SMILES string of the molecule is COc1ccc(C(NN)c2ncccc2OC)cc1F. The first kappa shape index (κ1) is 14.2. The van der Waals surface area contributed by atoms with Gasteiger partial charge >= 0.3 is 0 Å².